The van der Waals surface area contributed by atoms with Crippen LogP contribution in [-0.2, 0) is 0 Å². The van der Waals surface area contributed by atoms with E-state index < -0.39 is 0 Å². The Hall–Kier alpha value is 1.09. The molecule has 0 aliphatic heterocycles. The summed E-state index contributed by atoms with van der Waals surface area (Å²) in [6, 6.07) is 0. The van der Waals surface area contributed by atoms with Gasteiger partial charge in [0, 0.05) is 0 Å². The molecular weight excluding hydrogens is 117 g/mol. The van der Waals surface area contributed by atoms with E-state index in [1.54, 1.807) is 0 Å². The van der Waals surface area contributed by atoms with Gasteiger partial charge in [-0.2, -0.15) is 5.16 Å². The molecule has 0 aromatic rings. The summed E-state index contributed by atoms with van der Waals surface area (Å²) in [6.45, 7) is 0. The molecule has 5 heavy (non-hydrogen) atoms. The zero-order valence-electron chi connectivity index (χ0n) is 2.76. The summed E-state index contributed by atoms with van der Waals surface area (Å²) in [5.41, 5.74) is 0. The Labute approximate surface area is 64.3 Å². The van der Waals surface area contributed by atoms with E-state index in [0.29, 0.717) is 0 Å². The largest absolute Gasteiger partial charge is 1.00 e. The first-order chi connectivity index (χ1) is 1.41. The number of halogens is 1. The molecule has 4 heteroatoms. The number of thiocarbonyl (C=S) groups is 1. The van der Waals surface area contributed by atoms with Gasteiger partial charge in [0.2, 0.25) is 0 Å². The topological polar surface area (TPSA) is 22.3 Å². The van der Waals surface area contributed by atoms with Crippen molar-refractivity contribution in [1.29, 1.82) is 0 Å². The summed E-state index contributed by atoms with van der Waals surface area (Å²) in [5.74, 6) is 0. The molecule has 0 aromatic carbocycles. The van der Waals surface area contributed by atoms with Crippen LogP contribution in [0.15, 0.2) is 0 Å². The molecule has 0 amide bonds. The van der Waals surface area contributed by atoms with Crippen molar-refractivity contribution in [1.82, 2.24) is 0 Å². The number of nitrogens with zero attached hydrogens (tertiary/aromatic N) is 1. The third kappa shape index (κ3) is 40.9. The first kappa shape index (κ1) is 16.5. The molecule has 0 aliphatic rings. The number of hydrogen-bond donors (Lipinski definition) is 0. The van der Waals surface area contributed by atoms with Gasteiger partial charge in [0.25, 0.3) is 0 Å². The van der Waals surface area contributed by atoms with Gasteiger partial charge < -0.3 is 5.41 Å². The normalized spacial score (nSPS) is 1.60. The summed E-state index contributed by atoms with van der Waals surface area (Å²) >= 11 is 3.70. The molecule has 0 N–H and O–H groups in total. The predicted molar refractivity (Wildman–Crippen MR) is 23.2 cm³/mol. The quantitative estimate of drug-likeness (QED) is 0.206. The molecule has 0 bridgehead atoms. The van der Waals surface area contributed by atoms with Crippen molar-refractivity contribution in [3.05, 3.63) is 5.41 Å². The van der Waals surface area contributed by atoms with Crippen LogP contribution in [0.25, 0.3) is 5.41 Å². The van der Waals surface area contributed by atoms with E-state index in [4.69, 9.17) is 5.41 Å². The van der Waals surface area contributed by atoms with Gasteiger partial charge in [-0.3, -0.25) is 0 Å². The third-order valence-corrected chi connectivity index (χ3v) is 0. The van der Waals surface area contributed by atoms with Crippen molar-refractivity contribution in [2.24, 2.45) is 0 Å². The van der Waals surface area contributed by atoms with Crippen LogP contribution >= 0.6 is 24.6 Å². The Bertz CT molecular complexity index is 32.6. The first-order valence-electron chi connectivity index (χ1n) is 0.428. The summed E-state index contributed by atoms with van der Waals surface area (Å²) in [7, 11) is 0. The molecule has 1 nitrogen and oxygen atoms in total. The van der Waals surface area contributed by atoms with E-state index in [9.17, 15) is 0 Å². The number of hydrogen-bond acceptors (Lipinski definition) is 1. The Morgan fingerprint density at radius 2 is 1.60 bits per heavy atom. The Kier molecular flexibility index (Phi) is 64.4. The molecular formula is CHClNNaS. The smallest absolute Gasteiger partial charge is 0.753 e. The molecule has 0 unspecified atom stereocenters. The number of rotatable bonds is 0. The Morgan fingerprint density at radius 3 is 1.60 bits per heavy atom. The first-order valence-corrected chi connectivity index (χ1v) is 0.836. The summed E-state index contributed by atoms with van der Waals surface area (Å²) in [5, 5.41) is 8.47. The van der Waals surface area contributed by atoms with E-state index in [1.807, 2.05) is 0 Å². The van der Waals surface area contributed by atoms with Crippen molar-refractivity contribution in [3.8, 4) is 0 Å². The predicted octanol–water partition coefficient (Wildman–Crippen LogP) is -1.92. The van der Waals surface area contributed by atoms with Crippen molar-refractivity contribution < 1.29 is 29.6 Å². The molecule has 0 fully saturated rings. The van der Waals surface area contributed by atoms with Crippen LogP contribution in [0.5, 0.6) is 0 Å². The van der Waals surface area contributed by atoms with Crippen molar-refractivity contribution >= 4 is 29.8 Å². The Morgan fingerprint density at radius 1 is 1.60 bits per heavy atom. The molecule has 0 aromatic heterocycles. The zero-order valence-corrected chi connectivity index (χ0v) is 6.40. The van der Waals surface area contributed by atoms with Crippen LogP contribution in [0.3, 0.4) is 0 Å². The Balaban J connectivity index is -0.0000000200. The third-order valence-electron chi connectivity index (χ3n) is 0. The minimum Gasteiger partial charge on any atom is -0.753 e. The van der Waals surface area contributed by atoms with E-state index in [2.05, 4.69) is 12.2 Å². The second-order valence-electron chi connectivity index (χ2n) is 0.0913. The summed E-state index contributed by atoms with van der Waals surface area (Å²) in [6.07, 6.45) is 0. The average Bonchev–Trinajstić information content (AvgIpc) is 0.918. The van der Waals surface area contributed by atoms with Crippen molar-refractivity contribution in [3.63, 3.8) is 0 Å². The van der Waals surface area contributed by atoms with Crippen LogP contribution in [0.4, 0.5) is 0 Å². The second kappa shape index (κ2) is 19.5. The SMILES string of the molecule is Cl.[N-]=C=S.[Na+]. The van der Waals surface area contributed by atoms with Gasteiger partial charge in [-0.1, -0.05) is 12.2 Å². The van der Waals surface area contributed by atoms with Crippen LogP contribution < -0.4 is 29.6 Å². The second-order valence-corrected chi connectivity index (χ2v) is 0.274. The molecule has 0 heterocycles. The van der Waals surface area contributed by atoms with Crippen molar-refractivity contribution in [2.75, 3.05) is 0 Å². The summed E-state index contributed by atoms with van der Waals surface area (Å²) in [4.78, 5) is 0. The minimum absolute atomic E-state index is 0. The molecule has 0 saturated carbocycles. The minimum atomic E-state index is 0. The van der Waals surface area contributed by atoms with Gasteiger partial charge in [0.05, 0.1) is 0 Å². The molecule has 0 spiro atoms. The summed E-state index contributed by atoms with van der Waals surface area (Å²) < 4.78 is 0. The fraction of sp³-hybridized carbons (Fsp3) is 0. The van der Waals surface area contributed by atoms with Gasteiger partial charge in [-0.05, 0) is 0 Å². The molecule has 0 saturated heterocycles. The maximum Gasteiger partial charge on any atom is 1.00 e. The molecule has 0 radical (unpaired) electrons. The van der Waals surface area contributed by atoms with Gasteiger partial charge >= 0.3 is 29.6 Å². The fourth-order valence-corrected chi connectivity index (χ4v) is 0. The van der Waals surface area contributed by atoms with E-state index >= 15 is 0 Å². The van der Waals surface area contributed by atoms with Crippen LogP contribution in [-0.4, -0.2) is 5.16 Å². The maximum atomic E-state index is 7.13. The van der Waals surface area contributed by atoms with Gasteiger partial charge in [0.15, 0.2) is 0 Å². The van der Waals surface area contributed by atoms with E-state index in [-0.39, 0.29) is 42.0 Å². The fourth-order valence-electron chi connectivity index (χ4n) is 0. The van der Waals surface area contributed by atoms with Crippen LogP contribution in [0.1, 0.15) is 0 Å². The van der Waals surface area contributed by atoms with Crippen LogP contribution in [0.2, 0.25) is 0 Å². The zero-order chi connectivity index (χ0) is 2.71. The standard InChI is InChI=1S/CNS.ClH.Na/c2-1-3;;/h;1H;/q-1;;+1. The maximum absolute atomic E-state index is 7.13. The molecule has 0 atom stereocenters. The van der Waals surface area contributed by atoms with Crippen LogP contribution in [0, 0.1) is 0 Å². The number of isothiocyanates is 1. The van der Waals surface area contributed by atoms with Crippen molar-refractivity contribution in [2.45, 2.75) is 0 Å². The monoisotopic (exact) mass is 117 g/mol. The van der Waals surface area contributed by atoms with Gasteiger partial charge in [-0.25, -0.2) is 0 Å². The molecule has 0 aliphatic carbocycles. The van der Waals surface area contributed by atoms with E-state index in [0.717, 1.165) is 0 Å². The molecule has 0 rings (SSSR count). The van der Waals surface area contributed by atoms with Gasteiger partial charge in [0.1, 0.15) is 0 Å². The van der Waals surface area contributed by atoms with E-state index in [1.165, 1.54) is 5.16 Å². The molecule has 24 valence electrons. The van der Waals surface area contributed by atoms with Gasteiger partial charge in [-0.15, -0.1) is 12.4 Å². The average molecular weight is 118 g/mol.